The van der Waals surface area contributed by atoms with Crippen molar-refractivity contribution in [1.82, 2.24) is 0 Å². The van der Waals surface area contributed by atoms with E-state index in [-0.39, 0.29) is 34.0 Å². The van der Waals surface area contributed by atoms with Crippen molar-refractivity contribution in [3.05, 3.63) is 60.2 Å². The minimum atomic E-state index is 0. The number of hydrogen-bond acceptors (Lipinski definition) is 0. The second-order valence-corrected chi connectivity index (χ2v) is 5.29. The molecular formula is C17H24Br2N2. The minimum absolute atomic E-state index is 0. The largest absolute Gasteiger partial charge is 1.00 e. The number of unbranched alkanes of at least 4 members (excludes halogenated alkanes) is 2. The number of pyridine rings is 2. The number of hydrogen-bond donors (Lipinski definition) is 0. The van der Waals surface area contributed by atoms with E-state index in [2.05, 4.69) is 72.0 Å². The van der Waals surface area contributed by atoms with Gasteiger partial charge in [-0.15, -0.1) is 0 Å². The first-order valence-corrected chi connectivity index (χ1v) is 7.15. The van der Waals surface area contributed by atoms with E-state index in [0.29, 0.717) is 0 Å². The first-order valence-electron chi connectivity index (χ1n) is 7.15. The normalized spacial score (nSPS) is 9.62. The molecule has 0 unspecified atom stereocenters. The average Bonchev–Trinajstić information content (AvgIpc) is 2.43. The zero-order valence-electron chi connectivity index (χ0n) is 12.8. The van der Waals surface area contributed by atoms with Crippen LogP contribution in [0.2, 0.25) is 0 Å². The molecule has 0 aliphatic rings. The fraction of sp³-hybridized carbons (Fsp3) is 0.412. The van der Waals surface area contributed by atoms with Gasteiger partial charge in [0.1, 0.15) is 13.1 Å². The predicted molar refractivity (Wildman–Crippen MR) is 76.6 cm³/mol. The second kappa shape index (κ2) is 10.9. The van der Waals surface area contributed by atoms with Crippen molar-refractivity contribution in [2.24, 2.45) is 0 Å². The monoisotopic (exact) mass is 414 g/mol. The van der Waals surface area contributed by atoms with Crippen LogP contribution in [-0.4, -0.2) is 0 Å². The van der Waals surface area contributed by atoms with Gasteiger partial charge in [0.2, 0.25) is 0 Å². The molecule has 0 atom stereocenters. The average molecular weight is 416 g/mol. The molecule has 116 valence electrons. The SMILES string of the molecule is Cc1cc[n+](CCCCC[n+]2ccc(C)cc2)cc1.[Br-].[Br-]. The van der Waals surface area contributed by atoms with Crippen LogP contribution in [0.15, 0.2) is 49.1 Å². The zero-order valence-corrected chi connectivity index (χ0v) is 16.0. The summed E-state index contributed by atoms with van der Waals surface area (Å²) < 4.78 is 4.54. The van der Waals surface area contributed by atoms with Gasteiger partial charge in [0.25, 0.3) is 0 Å². The first kappa shape index (κ1) is 20.3. The number of aryl methyl sites for hydroxylation is 4. The number of rotatable bonds is 6. The summed E-state index contributed by atoms with van der Waals surface area (Å²) in [5, 5.41) is 0. The van der Waals surface area contributed by atoms with Gasteiger partial charge in [-0.1, -0.05) is 0 Å². The standard InChI is InChI=1S/C17H24N2.2BrH/c1-16-6-12-18(13-7-16)10-4-3-5-11-19-14-8-17(2)9-15-19;;/h6-9,12-15H,3-5,10-11H2,1-2H3;2*1H/q+2;;/p-2. The number of nitrogens with zero attached hydrogens (tertiary/aromatic N) is 2. The summed E-state index contributed by atoms with van der Waals surface area (Å²) in [5.74, 6) is 0. The van der Waals surface area contributed by atoms with Crippen molar-refractivity contribution < 1.29 is 43.1 Å². The Morgan fingerprint density at radius 2 is 0.952 bits per heavy atom. The maximum absolute atomic E-state index is 2.27. The molecule has 2 aromatic heterocycles. The third-order valence-electron chi connectivity index (χ3n) is 3.45. The molecule has 4 heteroatoms. The second-order valence-electron chi connectivity index (χ2n) is 5.29. The van der Waals surface area contributed by atoms with Crippen LogP contribution in [-0.2, 0) is 13.1 Å². The summed E-state index contributed by atoms with van der Waals surface area (Å²) in [6, 6.07) is 8.68. The van der Waals surface area contributed by atoms with Gasteiger partial charge in [0.05, 0.1) is 0 Å². The number of halogens is 2. The topological polar surface area (TPSA) is 7.76 Å². The Hall–Kier alpha value is -0.740. The van der Waals surface area contributed by atoms with Gasteiger partial charge in [-0.05, 0) is 31.4 Å². The van der Waals surface area contributed by atoms with Gasteiger partial charge < -0.3 is 34.0 Å². The quantitative estimate of drug-likeness (QED) is 0.346. The van der Waals surface area contributed by atoms with Gasteiger partial charge in [-0.25, -0.2) is 9.13 Å². The van der Waals surface area contributed by atoms with E-state index in [0.717, 1.165) is 13.1 Å². The van der Waals surface area contributed by atoms with Gasteiger partial charge in [0.15, 0.2) is 24.8 Å². The molecule has 21 heavy (non-hydrogen) atoms. The fourth-order valence-corrected chi connectivity index (χ4v) is 2.13. The highest BCUT2D eigenvalue weighted by Crippen LogP contribution is 1.97. The molecule has 0 saturated carbocycles. The molecular weight excluding hydrogens is 392 g/mol. The van der Waals surface area contributed by atoms with Crippen molar-refractivity contribution in [2.45, 2.75) is 46.2 Å². The van der Waals surface area contributed by atoms with E-state index in [9.17, 15) is 0 Å². The minimum Gasteiger partial charge on any atom is -1.00 e. The van der Waals surface area contributed by atoms with Crippen LogP contribution < -0.4 is 43.1 Å². The molecule has 2 rings (SSSR count). The predicted octanol–water partition coefficient (Wildman–Crippen LogP) is -3.24. The van der Waals surface area contributed by atoms with Gasteiger partial charge >= 0.3 is 0 Å². The maximum Gasteiger partial charge on any atom is 0.169 e. The van der Waals surface area contributed by atoms with E-state index in [1.807, 2.05) is 0 Å². The van der Waals surface area contributed by atoms with E-state index in [1.165, 1.54) is 30.4 Å². The molecule has 0 saturated heterocycles. The van der Waals surface area contributed by atoms with Gasteiger partial charge in [-0.2, -0.15) is 0 Å². The molecule has 0 aliphatic carbocycles. The molecule has 2 aromatic rings. The lowest BCUT2D eigenvalue weighted by atomic mass is 10.2. The highest BCUT2D eigenvalue weighted by molar-refractivity contribution is 5.03. The Morgan fingerprint density at radius 3 is 1.29 bits per heavy atom. The van der Waals surface area contributed by atoms with Crippen LogP contribution in [0.3, 0.4) is 0 Å². The van der Waals surface area contributed by atoms with E-state index in [1.54, 1.807) is 0 Å². The third kappa shape index (κ3) is 7.72. The maximum atomic E-state index is 2.27. The fourth-order valence-electron chi connectivity index (χ4n) is 2.13. The molecule has 0 fully saturated rings. The molecule has 0 spiro atoms. The lowest BCUT2D eigenvalue weighted by Crippen LogP contribution is -3.00. The van der Waals surface area contributed by atoms with Crippen molar-refractivity contribution in [3.63, 3.8) is 0 Å². The lowest BCUT2D eigenvalue weighted by Gasteiger charge is -1.99. The summed E-state index contributed by atoms with van der Waals surface area (Å²) in [6.07, 6.45) is 12.5. The van der Waals surface area contributed by atoms with Crippen LogP contribution in [0.25, 0.3) is 0 Å². The van der Waals surface area contributed by atoms with Gasteiger partial charge in [-0.3, -0.25) is 0 Å². The molecule has 2 nitrogen and oxygen atoms in total. The smallest absolute Gasteiger partial charge is 0.169 e. The molecule has 0 radical (unpaired) electrons. The van der Waals surface area contributed by atoms with Crippen LogP contribution in [0.1, 0.15) is 30.4 Å². The van der Waals surface area contributed by atoms with E-state index in [4.69, 9.17) is 0 Å². The Kier molecular flexibility index (Phi) is 10.5. The summed E-state index contributed by atoms with van der Waals surface area (Å²) >= 11 is 0. The van der Waals surface area contributed by atoms with Gasteiger partial charge in [0, 0.05) is 37.1 Å². The van der Waals surface area contributed by atoms with Crippen LogP contribution in [0.5, 0.6) is 0 Å². The molecule has 2 heterocycles. The third-order valence-corrected chi connectivity index (χ3v) is 3.45. The molecule has 0 N–H and O–H groups in total. The first-order chi connectivity index (χ1) is 9.24. The van der Waals surface area contributed by atoms with Crippen LogP contribution in [0, 0.1) is 13.8 Å². The Morgan fingerprint density at radius 1 is 0.619 bits per heavy atom. The molecule has 0 amide bonds. The Bertz CT molecular complexity index is 448. The Balaban J connectivity index is 0.00000200. The summed E-state index contributed by atoms with van der Waals surface area (Å²) in [5.41, 5.74) is 2.65. The summed E-state index contributed by atoms with van der Waals surface area (Å²) in [7, 11) is 0. The summed E-state index contributed by atoms with van der Waals surface area (Å²) in [4.78, 5) is 0. The highest BCUT2D eigenvalue weighted by atomic mass is 79.9. The van der Waals surface area contributed by atoms with Crippen molar-refractivity contribution in [3.8, 4) is 0 Å². The van der Waals surface area contributed by atoms with Crippen molar-refractivity contribution in [2.75, 3.05) is 0 Å². The van der Waals surface area contributed by atoms with Crippen LogP contribution >= 0.6 is 0 Å². The highest BCUT2D eigenvalue weighted by Gasteiger charge is 2.02. The molecule has 0 bridgehead atoms. The Labute approximate surface area is 149 Å². The lowest BCUT2D eigenvalue weighted by molar-refractivity contribution is -0.701. The van der Waals surface area contributed by atoms with Crippen molar-refractivity contribution in [1.29, 1.82) is 0 Å². The van der Waals surface area contributed by atoms with E-state index < -0.39 is 0 Å². The van der Waals surface area contributed by atoms with Crippen molar-refractivity contribution >= 4 is 0 Å². The van der Waals surface area contributed by atoms with E-state index >= 15 is 0 Å². The van der Waals surface area contributed by atoms with Crippen LogP contribution in [0.4, 0.5) is 0 Å². The number of aromatic nitrogens is 2. The molecule has 0 aliphatic heterocycles. The molecule has 0 aromatic carbocycles. The summed E-state index contributed by atoms with van der Waals surface area (Å²) in [6.45, 7) is 6.50. The zero-order chi connectivity index (χ0) is 13.5.